The van der Waals surface area contributed by atoms with Crippen molar-refractivity contribution >= 4 is 23.9 Å². The fraction of sp³-hybridized carbons (Fsp3) is 0.873. The highest BCUT2D eigenvalue weighted by Crippen LogP contribution is 2.27. The Morgan fingerprint density at radius 1 is 0.440 bits per heavy atom. The summed E-state index contributed by atoms with van der Waals surface area (Å²) in [5.41, 5.74) is 0. The van der Waals surface area contributed by atoms with Gasteiger partial charge in [-0.2, -0.15) is 0 Å². The second kappa shape index (κ2) is 51.9. The van der Waals surface area contributed by atoms with Crippen molar-refractivity contribution in [2.75, 3.05) is 13.2 Å². The first-order valence-corrected chi connectivity index (χ1v) is 31.3. The molecule has 1 saturated heterocycles. The summed E-state index contributed by atoms with van der Waals surface area (Å²) in [5, 5.41) is 31.5. The van der Waals surface area contributed by atoms with Crippen LogP contribution < -0.4 is 0 Å². The molecule has 75 heavy (non-hydrogen) atoms. The SMILES string of the molecule is CCCCC/C=C\C/C=C\CCCCCCCCCC(=O)OCC(COC1OC(C(=O)O)C(O)C(O)C1OC(=O)CCCCCCCCCCCCCCC)OC(=O)CCCCCCCCCCCCCCCCC. The largest absolute Gasteiger partial charge is 0.479 e. The van der Waals surface area contributed by atoms with Gasteiger partial charge in [-0.25, -0.2) is 4.79 Å². The van der Waals surface area contributed by atoms with E-state index in [0.717, 1.165) is 77.0 Å². The van der Waals surface area contributed by atoms with Gasteiger partial charge in [0.15, 0.2) is 24.6 Å². The standard InChI is InChI=1S/C63H114O12/c1-4-7-10-13-16-19-22-25-27-28-30-32-34-37-40-43-46-49-55(64)71-52-54(73-56(65)50-47-44-41-38-36-33-29-26-23-20-17-14-11-8-5-2)53-72-63-61(59(68)58(67)60(75-63)62(69)70)74-57(66)51-48-45-42-39-35-31-24-21-18-15-12-9-6-3/h16,19,25,27,54,58-61,63,67-68H,4-15,17-18,20-24,26,28-53H2,1-3H3,(H,69,70)/b19-16-,27-25-. The molecule has 0 saturated carbocycles. The highest BCUT2D eigenvalue weighted by molar-refractivity contribution is 5.74. The first-order valence-electron chi connectivity index (χ1n) is 31.3. The first kappa shape index (κ1) is 70.2. The Morgan fingerprint density at radius 3 is 1.23 bits per heavy atom. The van der Waals surface area contributed by atoms with E-state index < -0.39 is 67.3 Å². The van der Waals surface area contributed by atoms with Crippen LogP contribution in [0.25, 0.3) is 0 Å². The molecule has 3 N–H and O–H groups in total. The monoisotopic (exact) mass is 1060 g/mol. The van der Waals surface area contributed by atoms with Gasteiger partial charge in [0, 0.05) is 19.3 Å². The maximum absolute atomic E-state index is 13.2. The number of carboxylic acids is 1. The molecule has 1 aliphatic rings. The van der Waals surface area contributed by atoms with Crippen LogP contribution in [0.1, 0.15) is 303 Å². The normalized spacial score (nSPS) is 18.2. The number of rotatable bonds is 54. The molecule has 0 aromatic heterocycles. The number of unbranched alkanes of at least 4 members (excludes halogenated alkanes) is 36. The Bertz CT molecular complexity index is 1400. The van der Waals surface area contributed by atoms with Crippen LogP contribution in [0.15, 0.2) is 24.3 Å². The second-order valence-electron chi connectivity index (χ2n) is 21.7. The van der Waals surface area contributed by atoms with Gasteiger partial charge in [-0.1, -0.05) is 257 Å². The summed E-state index contributed by atoms with van der Waals surface area (Å²) >= 11 is 0. The van der Waals surface area contributed by atoms with Gasteiger partial charge >= 0.3 is 23.9 Å². The predicted molar refractivity (Wildman–Crippen MR) is 303 cm³/mol. The van der Waals surface area contributed by atoms with Crippen LogP contribution in [-0.4, -0.2) is 89.2 Å². The van der Waals surface area contributed by atoms with Crippen LogP contribution in [0.5, 0.6) is 0 Å². The number of hydrogen-bond acceptors (Lipinski definition) is 11. The van der Waals surface area contributed by atoms with E-state index in [1.54, 1.807) is 0 Å². The van der Waals surface area contributed by atoms with Gasteiger partial charge in [0.25, 0.3) is 0 Å². The molecule has 438 valence electrons. The van der Waals surface area contributed by atoms with Crippen LogP contribution in [0.4, 0.5) is 0 Å². The number of allylic oxidation sites excluding steroid dienone is 4. The third-order valence-corrected chi connectivity index (χ3v) is 14.5. The van der Waals surface area contributed by atoms with Crippen molar-refractivity contribution in [3.63, 3.8) is 0 Å². The van der Waals surface area contributed by atoms with Crippen molar-refractivity contribution in [3.05, 3.63) is 24.3 Å². The smallest absolute Gasteiger partial charge is 0.335 e. The molecule has 0 bridgehead atoms. The zero-order valence-corrected chi connectivity index (χ0v) is 48.3. The van der Waals surface area contributed by atoms with Crippen molar-refractivity contribution in [2.45, 2.75) is 340 Å². The lowest BCUT2D eigenvalue weighted by Crippen LogP contribution is -2.61. The molecule has 0 spiro atoms. The zero-order valence-electron chi connectivity index (χ0n) is 48.3. The van der Waals surface area contributed by atoms with Crippen LogP contribution in [0.2, 0.25) is 0 Å². The van der Waals surface area contributed by atoms with E-state index in [4.69, 9.17) is 23.7 Å². The minimum Gasteiger partial charge on any atom is -0.479 e. The lowest BCUT2D eigenvalue weighted by atomic mass is 9.98. The third-order valence-electron chi connectivity index (χ3n) is 14.5. The van der Waals surface area contributed by atoms with E-state index in [1.165, 1.54) is 167 Å². The van der Waals surface area contributed by atoms with Gasteiger partial charge < -0.3 is 39.0 Å². The molecule has 6 unspecified atom stereocenters. The second-order valence-corrected chi connectivity index (χ2v) is 21.7. The molecule has 1 rings (SSSR count). The summed E-state index contributed by atoms with van der Waals surface area (Å²) in [6.45, 7) is 6.00. The number of aliphatic carboxylic acids is 1. The lowest BCUT2D eigenvalue weighted by Gasteiger charge is -2.40. The van der Waals surface area contributed by atoms with Gasteiger partial charge in [-0.15, -0.1) is 0 Å². The summed E-state index contributed by atoms with van der Waals surface area (Å²) in [6.07, 6.45) is 47.1. The molecule has 0 radical (unpaired) electrons. The minimum atomic E-state index is -1.90. The number of carboxylic acid groups (broad SMARTS) is 1. The molecule has 1 heterocycles. The van der Waals surface area contributed by atoms with Crippen LogP contribution in [0.3, 0.4) is 0 Å². The summed E-state index contributed by atoms with van der Waals surface area (Å²) in [6, 6.07) is 0. The number of ether oxygens (including phenoxy) is 5. The summed E-state index contributed by atoms with van der Waals surface area (Å²) in [7, 11) is 0. The number of esters is 3. The van der Waals surface area contributed by atoms with E-state index in [1.807, 2.05) is 0 Å². The third kappa shape index (κ3) is 41.9. The minimum absolute atomic E-state index is 0.0667. The Labute approximate surface area is 458 Å². The highest BCUT2D eigenvalue weighted by Gasteiger charge is 2.50. The average molecular weight is 1060 g/mol. The molecule has 12 nitrogen and oxygen atoms in total. The highest BCUT2D eigenvalue weighted by atomic mass is 16.7. The number of hydrogen-bond donors (Lipinski definition) is 3. The van der Waals surface area contributed by atoms with E-state index >= 15 is 0 Å². The Morgan fingerprint density at radius 2 is 0.800 bits per heavy atom. The van der Waals surface area contributed by atoms with Crippen LogP contribution in [0, 0.1) is 0 Å². The molecule has 1 fully saturated rings. The topological polar surface area (TPSA) is 175 Å². The first-order chi connectivity index (χ1) is 36.6. The summed E-state index contributed by atoms with van der Waals surface area (Å²) in [5.74, 6) is -3.09. The van der Waals surface area contributed by atoms with Gasteiger partial charge in [0.05, 0.1) is 6.61 Å². The molecular formula is C63H114O12. The number of aliphatic hydroxyl groups excluding tert-OH is 2. The fourth-order valence-corrected chi connectivity index (χ4v) is 9.69. The van der Waals surface area contributed by atoms with Crippen molar-refractivity contribution in [2.24, 2.45) is 0 Å². The summed E-state index contributed by atoms with van der Waals surface area (Å²) < 4.78 is 28.5. The Kier molecular flexibility index (Phi) is 48.6. The van der Waals surface area contributed by atoms with Crippen molar-refractivity contribution in [3.8, 4) is 0 Å². The maximum Gasteiger partial charge on any atom is 0.335 e. The Balaban J connectivity index is 2.66. The van der Waals surface area contributed by atoms with Gasteiger partial charge in [0.1, 0.15) is 18.8 Å². The fourth-order valence-electron chi connectivity index (χ4n) is 9.69. The predicted octanol–water partition coefficient (Wildman–Crippen LogP) is 16.2. The van der Waals surface area contributed by atoms with E-state index in [2.05, 4.69) is 45.1 Å². The van der Waals surface area contributed by atoms with E-state index in [9.17, 15) is 34.5 Å². The van der Waals surface area contributed by atoms with Crippen LogP contribution >= 0.6 is 0 Å². The molecule has 6 atom stereocenters. The zero-order chi connectivity index (χ0) is 54.7. The van der Waals surface area contributed by atoms with Gasteiger partial charge in [-0.3, -0.25) is 14.4 Å². The number of carbonyl (C=O) groups is 4. The maximum atomic E-state index is 13.2. The number of aliphatic hydroxyl groups is 2. The quantitative estimate of drug-likeness (QED) is 0.0228. The van der Waals surface area contributed by atoms with Gasteiger partial charge in [0.2, 0.25) is 0 Å². The molecular weight excluding hydrogens is 949 g/mol. The molecule has 0 aromatic rings. The Hall–Kier alpha value is -2.80. The molecule has 0 aromatic carbocycles. The summed E-state index contributed by atoms with van der Waals surface area (Å²) in [4.78, 5) is 51.2. The van der Waals surface area contributed by atoms with E-state index in [0.29, 0.717) is 19.3 Å². The number of carbonyl (C=O) groups excluding carboxylic acids is 3. The van der Waals surface area contributed by atoms with Gasteiger partial charge in [-0.05, 0) is 51.4 Å². The van der Waals surface area contributed by atoms with E-state index in [-0.39, 0.29) is 25.9 Å². The van der Waals surface area contributed by atoms with Crippen LogP contribution in [-0.2, 0) is 42.9 Å². The molecule has 1 aliphatic heterocycles. The molecule has 0 amide bonds. The average Bonchev–Trinajstić information content (AvgIpc) is 3.39. The van der Waals surface area contributed by atoms with Crippen molar-refractivity contribution in [1.82, 2.24) is 0 Å². The molecule has 0 aliphatic carbocycles. The van der Waals surface area contributed by atoms with Crippen molar-refractivity contribution < 1.29 is 58.2 Å². The van der Waals surface area contributed by atoms with Crippen molar-refractivity contribution in [1.29, 1.82) is 0 Å². The lowest BCUT2D eigenvalue weighted by molar-refractivity contribution is -0.301. The molecule has 12 heteroatoms.